The van der Waals surface area contributed by atoms with E-state index in [0.29, 0.717) is 5.41 Å². The van der Waals surface area contributed by atoms with Crippen LogP contribution in [0.25, 0.3) is 0 Å². The first-order valence-electron chi connectivity index (χ1n) is 8.47. The van der Waals surface area contributed by atoms with Gasteiger partial charge in [-0.05, 0) is 51.9 Å². The van der Waals surface area contributed by atoms with E-state index >= 15 is 0 Å². The standard InChI is InChI=1S/C17H32F2N2O2/c1-15(2,3)23-14(22)21-12-17(18,19)11-20-13-7-6-9-16(4,5)10-8-13/h13,20H,6-12H2,1-5H3,(H,21,22). The number of rotatable bonds is 5. The molecule has 1 atom stereocenters. The van der Waals surface area contributed by atoms with E-state index in [4.69, 9.17) is 4.74 Å². The molecule has 1 saturated carbocycles. The van der Waals surface area contributed by atoms with E-state index in [9.17, 15) is 13.6 Å². The van der Waals surface area contributed by atoms with Gasteiger partial charge in [0.2, 0.25) is 0 Å². The number of alkyl carbamates (subject to hydrolysis) is 1. The fraction of sp³-hybridized carbons (Fsp3) is 0.941. The molecule has 1 aliphatic rings. The number of amides is 1. The molecule has 0 aromatic rings. The molecular weight excluding hydrogens is 302 g/mol. The zero-order valence-corrected chi connectivity index (χ0v) is 15.1. The van der Waals surface area contributed by atoms with E-state index in [0.717, 1.165) is 32.1 Å². The van der Waals surface area contributed by atoms with E-state index in [2.05, 4.69) is 24.5 Å². The molecule has 1 rings (SSSR count). The first-order chi connectivity index (χ1) is 10.4. The zero-order chi connectivity index (χ0) is 17.7. The van der Waals surface area contributed by atoms with E-state index < -0.39 is 30.7 Å². The minimum absolute atomic E-state index is 0.129. The summed E-state index contributed by atoms with van der Waals surface area (Å²) in [6, 6.07) is 0.129. The number of ether oxygens (including phenoxy) is 1. The van der Waals surface area contributed by atoms with Gasteiger partial charge in [0, 0.05) is 6.04 Å². The molecule has 0 aromatic heterocycles. The highest BCUT2D eigenvalue weighted by atomic mass is 19.3. The number of hydrogen-bond donors (Lipinski definition) is 2. The number of halogens is 2. The van der Waals surface area contributed by atoms with E-state index in [1.165, 1.54) is 0 Å². The van der Waals surface area contributed by atoms with Crippen molar-refractivity contribution in [1.82, 2.24) is 10.6 Å². The van der Waals surface area contributed by atoms with Crippen LogP contribution >= 0.6 is 0 Å². The molecule has 6 heteroatoms. The number of alkyl halides is 2. The third-order valence-corrected chi connectivity index (χ3v) is 4.12. The largest absolute Gasteiger partial charge is 0.444 e. The Kier molecular flexibility index (Phi) is 6.81. The molecule has 4 nitrogen and oxygen atoms in total. The van der Waals surface area contributed by atoms with Crippen LogP contribution in [0.2, 0.25) is 0 Å². The van der Waals surface area contributed by atoms with Gasteiger partial charge < -0.3 is 15.4 Å². The fourth-order valence-electron chi connectivity index (χ4n) is 2.74. The molecule has 0 bridgehead atoms. The van der Waals surface area contributed by atoms with Gasteiger partial charge in [0.15, 0.2) is 0 Å². The van der Waals surface area contributed by atoms with Crippen molar-refractivity contribution in [3.05, 3.63) is 0 Å². The topological polar surface area (TPSA) is 50.4 Å². The highest BCUT2D eigenvalue weighted by Crippen LogP contribution is 2.33. The molecule has 1 amide bonds. The Morgan fingerprint density at radius 3 is 2.43 bits per heavy atom. The van der Waals surface area contributed by atoms with Crippen molar-refractivity contribution >= 4 is 6.09 Å². The maximum Gasteiger partial charge on any atom is 0.407 e. The number of nitrogens with one attached hydrogen (secondary N) is 2. The molecule has 0 saturated heterocycles. The molecule has 0 aliphatic heterocycles. The second kappa shape index (κ2) is 7.77. The molecule has 0 aromatic carbocycles. The number of hydrogen-bond acceptors (Lipinski definition) is 3. The summed E-state index contributed by atoms with van der Waals surface area (Å²) in [4.78, 5) is 11.4. The molecule has 0 radical (unpaired) electrons. The van der Waals surface area contributed by atoms with E-state index in [1.54, 1.807) is 20.8 Å². The fourth-order valence-corrected chi connectivity index (χ4v) is 2.74. The Morgan fingerprint density at radius 1 is 1.17 bits per heavy atom. The first-order valence-corrected chi connectivity index (χ1v) is 8.47. The Bertz CT molecular complexity index is 393. The Labute approximate surface area is 138 Å². The third kappa shape index (κ3) is 9.08. The summed E-state index contributed by atoms with van der Waals surface area (Å²) in [6.07, 6.45) is 4.29. The molecule has 23 heavy (non-hydrogen) atoms. The monoisotopic (exact) mass is 334 g/mol. The lowest BCUT2D eigenvalue weighted by atomic mass is 9.85. The summed E-state index contributed by atoms with van der Waals surface area (Å²) in [5.41, 5.74) is -0.387. The van der Waals surface area contributed by atoms with Gasteiger partial charge in [-0.2, -0.15) is 0 Å². The summed E-state index contributed by atoms with van der Waals surface area (Å²) in [7, 11) is 0. The lowest BCUT2D eigenvalue weighted by Gasteiger charge is -2.24. The summed E-state index contributed by atoms with van der Waals surface area (Å²) in [5.74, 6) is -2.99. The minimum Gasteiger partial charge on any atom is -0.444 e. The number of carbonyl (C=O) groups excluding carboxylic acids is 1. The third-order valence-electron chi connectivity index (χ3n) is 4.12. The second-order valence-corrected chi connectivity index (χ2v) is 8.38. The van der Waals surface area contributed by atoms with Crippen molar-refractivity contribution in [3.63, 3.8) is 0 Å². The second-order valence-electron chi connectivity index (χ2n) is 8.38. The van der Waals surface area contributed by atoms with Crippen molar-refractivity contribution in [2.24, 2.45) is 5.41 Å². The normalized spacial score (nSPS) is 22.3. The van der Waals surface area contributed by atoms with E-state index in [1.807, 2.05) is 0 Å². The van der Waals surface area contributed by atoms with Gasteiger partial charge in [0.25, 0.3) is 5.92 Å². The molecule has 0 heterocycles. The highest BCUT2D eigenvalue weighted by molar-refractivity contribution is 5.67. The first kappa shape index (κ1) is 20.1. The quantitative estimate of drug-likeness (QED) is 0.744. The SMILES string of the molecule is CC1(C)CCCC(NCC(F)(F)CNC(=O)OC(C)(C)C)CC1. The van der Waals surface area contributed by atoms with Gasteiger partial charge in [0.05, 0.1) is 13.1 Å². The predicted octanol–water partition coefficient (Wildman–Crippen LogP) is 4.09. The Hall–Kier alpha value is -0.910. The van der Waals surface area contributed by atoms with Gasteiger partial charge >= 0.3 is 6.09 Å². The Morgan fingerprint density at radius 2 is 1.83 bits per heavy atom. The van der Waals surface area contributed by atoms with Crippen LogP contribution in [0.1, 0.15) is 66.7 Å². The molecule has 2 N–H and O–H groups in total. The van der Waals surface area contributed by atoms with Crippen molar-refractivity contribution < 1.29 is 18.3 Å². The summed E-state index contributed by atoms with van der Waals surface area (Å²) in [6.45, 7) is 8.41. The van der Waals surface area contributed by atoms with Gasteiger partial charge in [-0.25, -0.2) is 13.6 Å². The molecule has 1 aliphatic carbocycles. The minimum atomic E-state index is -2.99. The summed E-state index contributed by atoms with van der Waals surface area (Å²) < 4.78 is 32.7. The van der Waals surface area contributed by atoms with Crippen LogP contribution in [0, 0.1) is 5.41 Å². The van der Waals surface area contributed by atoms with Gasteiger partial charge in [-0.3, -0.25) is 0 Å². The molecule has 0 spiro atoms. The van der Waals surface area contributed by atoms with Gasteiger partial charge in [-0.15, -0.1) is 0 Å². The van der Waals surface area contributed by atoms with Crippen molar-refractivity contribution in [3.8, 4) is 0 Å². The van der Waals surface area contributed by atoms with Crippen LogP contribution in [0.3, 0.4) is 0 Å². The van der Waals surface area contributed by atoms with Crippen molar-refractivity contribution in [2.45, 2.75) is 84.3 Å². The number of carbonyl (C=O) groups is 1. The van der Waals surface area contributed by atoms with Crippen LogP contribution in [-0.2, 0) is 4.74 Å². The average Bonchev–Trinajstić information content (AvgIpc) is 2.54. The van der Waals surface area contributed by atoms with E-state index in [-0.39, 0.29) is 6.04 Å². The Balaban J connectivity index is 2.33. The van der Waals surface area contributed by atoms with Crippen LogP contribution in [0.15, 0.2) is 0 Å². The van der Waals surface area contributed by atoms with Crippen LogP contribution in [0.4, 0.5) is 13.6 Å². The summed E-state index contributed by atoms with van der Waals surface area (Å²) in [5, 5.41) is 5.11. The lowest BCUT2D eigenvalue weighted by Crippen LogP contribution is -2.46. The molecule has 1 fully saturated rings. The molecule has 1 unspecified atom stereocenters. The average molecular weight is 334 g/mol. The van der Waals surface area contributed by atoms with Crippen molar-refractivity contribution in [1.29, 1.82) is 0 Å². The maximum atomic E-state index is 13.9. The maximum absolute atomic E-state index is 13.9. The predicted molar refractivity (Wildman–Crippen MR) is 87.8 cm³/mol. The molecule has 136 valence electrons. The van der Waals surface area contributed by atoms with Gasteiger partial charge in [-0.1, -0.05) is 20.3 Å². The van der Waals surface area contributed by atoms with Crippen LogP contribution in [-0.4, -0.2) is 36.7 Å². The smallest absolute Gasteiger partial charge is 0.407 e. The molecular formula is C17H32F2N2O2. The van der Waals surface area contributed by atoms with Gasteiger partial charge in [0.1, 0.15) is 5.60 Å². The summed E-state index contributed by atoms with van der Waals surface area (Å²) >= 11 is 0. The lowest BCUT2D eigenvalue weighted by molar-refractivity contribution is -0.00594. The van der Waals surface area contributed by atoms with Crippen molar-refractivity contribution in [2.75, 3.05) is 13.1 Å². The zero-order valence-electron chi connectivity index (χ0n) is 15.1. The van der Waals surface area contributed by atoms with Crippen LogP contribution in [0.5, 0.6) is 0 Å². The highest BCUT2D eigenvalue weighted by Gasteiger charge is 2.32. The van der Waals surface area contributed by atoms with Crippen LogP contribution < -0.4 is 10.6 Å².